The van der Waals surface area contributed by atoms with E-state index in [0.29, 0.717) is 36.0 Å². The number of amides is 1. The highest BCUT2D eigenvalue weighted by Gasteiger charge is 2.16. The van der Waals surface area contributed by atoms with Gasteiger partial charge >= 0.3 is 0 Å². The summed E-state index contributed by atoms with van der Waals surface area (Å²) in [6, 6.07) is 16.5. The number of carbonyl (C=O) groups excluding carboxylic acids is 1. The third-order valence-corrected chi connectivity index (χ3v) is 4.42. The molecule has 0 spiro atoms. The highest BCUT2D eigenvalue weighted by atomic mass is 16.5. The molecule has 3 rings (SSSR count). The molecule has 0 aliphatic carbocycles. The molecule has 30 heavy (non-hydrogen) atoms. The van der Waals surface area contributed by atoms with Crippen LogP contribution in [0.2, 0.25) is 0 Å². The molecule has 1 N–H and O–H groups in total. The number of hydrogen-bond acceptors (Lipinski definition) is 6. The number of carbonyl (C=O) groups is 1. The molecule has 2 aromatic carbocycles. The second-order valence-electron chi connectivity index (χ2n) is 6.35. The number of nitrogens with one attached hydrogen (secondary N) is 1. The molecular formula is C23H24N2O5. The summed E-state index contributed by atoms with van der Waals surface area (Å²) in [5, 5.41) is 2.89. The van der Waals surface area contributed by atoms with Crippen molar-refractivity contribution in [1.29, 1.82) is 0 Å². The molecule has 0 aliphatic heterocycles. The van der Waals surface area contributed by atoms with Crippen molar-refractivity contribution in [2.24, 2.45) is 0 Å². The normalized spacial score (nSPS) is 10.2. The van der Waals surface area contributed by atoms with Crippen molar-refractivity contribution >= 4 is 5.91 Å². The predicted octanol–water partition coefficient (Wildman–Crippen LogP) is 3.62. The first-order chi connectivity index (χ1) is 14.6. The quantitative estimate of drug-likeness (QED) is 0.583. The highest BCUT2D eigenvalue weighted by Crippen LogP contribution is 2.38. The van der Waals surface area contributed by atoms with Gasteiger partial charge in [-0.2, -0.15) is 0 Å². The third-order valence-electron chi connectivity index (χ3n) is 4.42. The molecule has 0 unspecified atom stereocenters. The van der Waals surface area contributed by atoms with Crippen molar-refractivity contribution in [2.45, 2.75) is 13.2 Å². The summed E-state index contributed by atoms with van der Waals surface area (Å²) in [5.41, 5.74) is 2.22. The van der Waals surface area contributed by atoms with Gasteiger partial charge in [0, 0.05) is 18.3 Å². The van der Waals surface area contributed by atoms with Crippen LogP contribution in [0.15, 0.2) is 60.8 Å². The molecule has 0 bridgehead atoms. The van der Waals surface area contributed by atoms with Crippen molar-refractivity contribution < 1.29 is 23.7 Å². The Balaban J connectivity index is 1.59. The maximum atomic E-state index is 12.6. The summed E-state index contributed by atoms with van der Waals surface area (Å²) in [6.07, 6.45) is 1.73. The van der Waals surface area contributed by atoms with Crippen molar-refractivity contribution in [1.82, 2.24) is 10.3 Å². The molecule has 0 aliphatic rings. The van der Waals surface area contributed by atoms with Crippen LogP contribution in [0.5, 0.6) is 23.0 Å². The molecule has 1 aromatic heterocycles. The zero-order valence-corrected chi connectivity index (χ0v) is 17.2. The number of benzene rings is 2. The van der Waals surface area contributed by atoms with Crippen LogP contribution in [-0.4, -0.2) is 32.2 Å². The van der Waals surface area contributed by atoms with Crippen molar-refractivity contribution in [2.75, 3.05) is 21.3 Å². The van der Waals surface area contributed by atoms with Gasteiger partial charge < -0.3 is 24.3 Å². The van der Waals surface area contributed by atoms with Gasteiger partial charge in [0.25, 0.3) is 5.91 Å². The van der Waals surface area contributed by atoms with Crippen LogP contribution < -0.4 is 24.3 Å². The van der Waals surface area contributed by atoms with Crippen molar-refractivity contribution in [3.63, 3.8) is 0 Å². The highest BCUT2D eigenvalue weighted by molar-refractivity contribution is 5.95. The van der Waals surface area contributed by atoms with E-state index in [1.165, 1.54) is 21.3 Å². The fourth-order valence-corrected chi connectivity index (χ4v) is 2.84. The maximum absolute atomic E-state index is 12.6. The molecule has 0 fully saturated rings. The van der Waals surface area contributed by atoms with Crippen molar-refractivity contribution in [3.8, 4) is 23.0 Å². The topological polar surface area (TPSA) is 78.9 Å². The predicted molar refractivity (Wildman–Crippen MR) is 112 cm³/mol. The van der Waals surface area contributed by atoms with E-state index < -0.39 is 0 Å². The van der Waals surface area contributed by atoms with Gasteiger partial charge in [0.1, 0.15) is 12.4 Å². The Labute approximate surface area is 175 Å². The number of aromatic nitrogens is 1. The molecule has 1 amide bonds. The Morgan fingerprint density at radius 2 is 1.63 bits per heavy atom. The minimum absolute atomic E-state index is 0.246. The number of methoxy groups -OCH3 is 3. The van der Waals surface area contributed by atoms with Gasteiger partial charge in [-0.1, -0.05) is 18.2 Å². The van der Waals surface area contributed by atoms with Crippen LogP contribution in [0, 0.1) is 0 Å². The zero-order chi connectivity index (χ0) is 21.3. The lowest BCUT2D eigenvalue weighted by Gasteiger charge is -2.14. The molecule has 7 heteroatoms. The Hall–Kier alpha value is -3.74. The standard InChI is InChI=1S/C23H24N2O5/c1-27-20-12-17(13-21(28-2)22(20)29-3)23(26)25-14-16-7-9-19(10-8-16)30-15-18-6-4-5-11-24-18/h4-13H,14-15H2,1-3H3,(H,25,26). The SMILES string of the molecule is COc1cc(C(=O)NCc2ccc(OCc3ccccn3)cc2)cc(OC)c1OC. The fraction of sp³-hybridized carbons (Fsp3) is 0.217. The average molecular weight is 408 g/mol. The van der Waals surface area contributed by atoms with Gasteiger partial charge in [0.2, 0.25) is 5.75 Å². The van der Waals surface area contributed by atoms with Gasteiger partial charge in [-0.3, -0.25) is 9.78 Å². The zero-order valence-electron chi connectivity index (χ0n) is 17.2. The number of nitrogens with zero attached hydrogens (tertiary/aromatic N) is 1. The smallest absolute Gasteiger partial charge is 0.251 e. The largest absolute Gasteiger partial charge is 0.493 e. The minimum atomic E-state index is -0.246. The Morgan fingerprint density at radius 1 is 0.933 bits per heavy atom. The van der Waals surface area contributed by atoms with E-state index in [0.717, 1.165) is 17.0 Å². The van der Waals surface area contributed by atoms with Gasteiger partial charge in [-0.25, -0.2) is 0 Å². The fourth-order valence-electron chi connectivity index (χ4n) is 2.84. The lowest BCUT2D eigenvalue weighted by Crippen LogP contribution is -2.23. The van der Waals surface area contributed by atoms with Crippen LogP contribution >= 0.6 is 0 Å². The lowest BCUT2D eigenvalue weighted by atomic mass is 10.1. The summed E-state index contributed by atoms with van der Waals surface area (Å²) in [6.45, 7) is 0.772. The van der Waals surface area contributed by atoms with Gasteiger partial charge in [-0.05, 0) is 42.0 Å². The molecule has 0 radical (unpaired) electrons. The van der Waals surface area contributed by atoms with E-state index >= 15 is 0 Å². The van der Waals surface area contributed by atoms with E-state index in [1.807, 2.05) is 42.5 Å². The maximum Gasteiger partial charge on any atom is 0.251 e. The summed E-state index contributed by atoms with van der Waals surface area (Å²) in [4.78, 5) is 16.8. The number of pyridine rings is 1. The molecule has 0 atom stereocenters. The Bertz CT molecular complexity index is 950. The molecule has 156 valence electrons. The monoisotopic (exact) mass is 408 g/mol. The molecule has 0 saturated carbocycles. The van der Waals surface area contributed by atoms with E-state index in [1.54, 1.807) is 18.3 Å². The van der Waals surface area contributed by atoms with Crippen molar-refractivity contribution in [3.05, 3.63) is 77.6 Å². The first kappa shape index (κ1) is 21.0. The number of rotatable bonds is 9. The average Bonchev–Trinajstić information content (AvgIpc) is 2.81. The number of ether oxygens (including phenoxy) is 4. The summed E-state index contributed by atoms with van der Waals surface area (Å²) in [5.74, 6) is 1.79. The van der Waals surface area contributed by atoms with E-state index in [2.05, 4.69) is 10.3 Å². The van der Waals surface area contributed by atoms with Crippen LogP contribution in [0.25, 0.3) is 0 Å². The Morgan fingerprint density at radius 3 is 2.20 bits per heavy atom. The van der Waals surface area contributed by atoms with Crippen LogP contribution in [-0.2, 0) is 13.2 Å². The second kappa shape index (κ2) is 10.2. The Kier molecular flexibility index (Phi) is 7.10. The lowest BCUT2D eigenvalue weighted by molar-refractivity contribution is 0.0950. The van der Waals surface area contributed by atoms with E-state index in [9.17, 15) is 4.79 Å². The second-order valence-corrected chi connectivity index (χ2v) is 6.35. The molecule has 0 saturated heterocycles. The van der Waals surface area contributed by atoms with E-state index in [4.69, 9.17) is 18.9 Å². The van der Waals surface area contributed by atoms with Crippen LogP contribution in [0.4, 0.5) is 0 Å². The van der Waals surface area contributed by atoms with Crippen LogP contribution in [0.1, 0.15) is 21.6 Å². The van der Waals surface area contributed by atoms with Gasteiger partial charge in [-0.15, -0.1) is 0 Å². The first-order valence-corrected chi connectivity index (χ1v) is 9.34. The summed E-state index contributed by atoms with van der Waals surface area (Å²) < 4.78 is 21.6. The van der Waals surface area contributed by atoms with E-state index in [-0.39, 0.29) is 5.91 Å². The van der Waals surface area contributed by atoms with Gasteiger partial charge in [0.05, 0.1) is 27.0 Å². The van der Waals surface area contributed by atoms with Crippen LogP contribution in [0.3, 0.4) is 0 Å². The molecule has 1 heterocycles. The third kappa shape index (κ3) is 5.20. The molecule has 7 nitrogen and oxygen atoms in total. The van der Waals surface area contributed by atoms with Gasteiger partial charge in [0.15, 0.2) is 11.5 Å². The first-order valence-electron chi connectivity index (χ1n) is 9.34. The molecule has 3 aromatic rings. The number of hydrogen-bond donors (Lipinski definition) is 1. The summed E-state index contributed by atoms with van der Waals surface area (Å²) >= 11 is 0. The summed E-state index contributed by atoms with van der Waals surface area (Å²) in [7, 11) is 4.54. The molecular weight excluding hydrogens is 384 g/mol. The minimum Gasteiger partial charge on any atom is -0.493 e.